The largest absolute Gasteiger partial charge is 0.274 e. The van der Waals surface area contributed by atoms with Crippen LogP contribution in [0.15, 0.2) is 0 Å². The van der Waals surface area contributed by atoms with Crippen LogP contribution in [-0.2, 0) is 9.63 Å². The Bertz CT molecular complexity index is 344. The molecule has 0 spiro atoms. The molecule has 0 unspecified atom stereocenters. The Kier molecular flexibility index (Phi) is 3.22. The molecule has 4 saturated carbocycles. The second kappa shape index (κ2) is 4.48. The summed E-state index contributed by atoms with van der Waals surface area (Å²) in [5.41, 5.74) is 2.81. The normalized spacial score (nSPS) is 45.2. The van der Waals surface area contributed by atoms with Gasteiger partial charge >= 0.3 is 0 Å². The number of amides is 1. The molecular weight excluding hydrogens is 294 g/mol. The minimum atomic E-state index is 0.0647. The molecule has 4 heteroatoms. The molecule has 2 atom stereocenters. The van der Waals surface area contributed by atoms with E-state index in [0.717, 1.165) is 11.8 Å². The van der Waals surface area contributed by atoms with Crippen molar-refractivity contribution in [2.45, 2.75) is 56.2 Å². The zero-order valence-corrected chi connectivity index (χ0v) is 12.6. The molecule has 1 N–H and O–H groups in total. The van der Waals surface area contributed by atoms with E-state index >= 15 is 0 Å². The molecule has 0 aromatic heterocycles. The van der Waals surface area contributed by atoms with Crippen LogP contribution in [0.2, 0.25) is 0 Å². The van der Waals surface area contributed by atoms with E-state index in [1.54, 1.807) is 0 Å². The van der Waals surface area contributed by atoms with Crippen LogP contribution in [0, 0.1) is 17.3 Å². The lowest BCUT2D eigenvalue weighted by atomic mass is 9.48. The number of hydrogen-bond donors (Lipinski definition) is 1. The Balaban J connectivity index is 1.69. The van der Waals surface area contributed by atoms with E-state index in [4.69, 9.17) is 4.84 Å². The predicted octanol–water partition coefficient (Wildman–Crippen LogP) is 3.18. The second-order valence-electron chi connectivity index (χ2n) is 6.75. The summed E-state index contributed by atoms with van der Waals surface area (Å²) in [6, 6.07) is 0. The molecular formula is C14H22BrNO2. The number of halogens is 1. The molecule has 0 heterocycles. The van der Waals surface area contributed by atoms with Crippen LogP contribution in [-0.4, -0.2) is 16.8 Å². The van der Waals surface area contributed by atoms with Crippen LogP contribution in [0.4, 0.5) is 0 Å². The second-order valence-corrected chi connectivity index (χ2v) is 8.43. The van der Waals surface area contributed by atoms with Crippen LogP contribution in [0.1, 0.15) is 51.9 Å². The molecule has 4 rings (SSSR count). The molecule has 0 aliphatic heterocycles. The highest BCUT2D eigenvalue weighted by atomic mass is 79.9. The van der Waals surface area contributed by atoms with E-state index in [1.165, 1.54) is 38.5 Å². The Labute approximate surface area is 117 Å². The first kappa shape index (κ1) is 12.9. The topological polar surface area (TPSA) is 38.3 Å². The molecule has 4 aliphatic rings. The minimum Gasteiger partial charge on any atom is -0.274 e. The third-order valence-corrected chi connectivity index (χ3v) is 5.90. The van der Waals surface area contributed by atoms with E-state index in [2.05, 4.69) is 21.4 Å². The first-order chi connectivity index (χ1) is 8.53. The van der Waals surface area contributed by atoms with Gasteiger partial charge in [-0.1, -0.05) is 15.9 Å². The molecule has 4 bridgehead atoms. The van der Waals surface area contributed by atoms with Crippen LogP contribution < -0.4 is 5.48 Å². The molecule has 4 aliphatic carbocycles. The summed E-state index contributed by atoms with van der Waals surface area (Å²) >= 11 is 3.97. The average molecular weight is 316 g/mol. The van der Waals surface area contributed by atoms with Gasteiger partial charge < -0.3 is 0 Å². The summed E-state index contributed by atoms with van der Waals surface area (Å²) in [6.07, 6.45) is 8.34. The van der Waals surface area contributed by atoms with Crippen LogP contribution >= 0.6 is 15.9 Å². The van der Waals surface area contributed by atoms with Crippen LogP contribution in [0.3, 0.4) is 0 Å². The molecule has 0 radical (unpaired) electrons. The van der Waals surface area contributed by atoms with Gasteiger partial charge in [0.25, 0.3) is 0 Å². The fourth-order valence-corrected chi connectivity index (χ4v) is 6.58. The van der Waals surface area contributed by atoms with E-state index in [-0.39, 0.29) is 11.3 Å². The monoisotopic (exact) mass is 315 g/mol. The van der Waals surface area contributed by atoms with Gasteiger partial charge in [-0.05, 0) is 62.7 Å². The number of hydrogen-bond acceptors (Lipinski definition) is 2. The van der Waals surface area contributed by atoms with Crippen molar-refractivity contribution >= 4 is 21.8 Å². The Morgan fingerprint density at radius 1 is 1.33 bits per heavy atom. The van der Waals surface area contributed by atoms with Crippen molar-refractivity contribution in [2.75, 3.05) is 6.61 Å². The average Bonchev–Trinajstić information content (AvgIpc) is 2.21. The standard InChI is InChI=1S/C14H22BrNO2/c1-2-18-16-12(17)8-13-4-10-3-11(5-13)7-14(15,6-10)9-13/h10-11H,2-9H2,1H3,(H,16,17)/t10-,11-,13?,14?/m1/s1. The lowest BCUT2D eigenvalue weighted by molar-refractivity contribution is -0.140. The van der Waals surface area contributed by atoms with Gasteiger partial charge in [-0.25, -0.2) is 5.48 Å². The highest BCUT2D eigenvalue weighted by Gasteiger charge is 2.57. The first-order valence-corrected chi connectivity index (χ1v) is 7.91. The lowest BCUT2D eigenvalue weighted by Crippen LogP contribution is -2.54. The van der Waals surface area contributed by atoms with Gasteiger partial charge in [0.05, 0.1) is 6.61 Å². The van der Waals surface area contributed by atoms with Crippen molar-refractivity contribution in [3.8, 4) is 0 Å². The summed E-state index contributed by atoms with van der Waals surface area (Å²) in [7, 11) is 0. The van der Waals surface area contributed by atoms with Gasteiger partial charge in [0.1, 0.15) is 0 Å². The van der Waals surface area contributed by atoms with Crippen molar-refractivity contribution in [3.63, 3.8) is 0 Å². The summed E-state index contributed by atoms with van der Waals surface area (Å²) in [5, 5.41) is 0. The summed E-state index contributed by atoms with van der Waals surface area (Å²) < 4.78 is 0.336. The number of hydroxylamine groups is 1. The molecule has 1 amide bonds. The van der Waals surface area contributed by atoms with Crippen molar-refractivity contribution in [2.24, 2.45) is 17.3 Å². The SMILES string of the molecule is CCONC(=O)CC12C[C@H]3C[C@@H](CC(Br)(C3)C1)C2. The maximum atomic E-state index is 11.9. The number of rotatable bonds is 4. The van der Waals surface area contributed by atoms with Crippen molar-refractivity contribution in [1.29, 1.82) is 0 Å². The van der Waals surface area contributed by atoms with E-state index in [1.807, 2.05) is 6.92 Å². The zero-order chi connectivity index (χ0) is 12.8. The van der Waals surface area contributed by atoms with E-state index in [0.29, 0.717) is 17.4 Å². The quantitative estimate of drug-likeness (QED) is 0.639. The van der Waals surface area contributed by atoms with Gasteiger partial charge in [-0.2, -0.15) is 0 Å². The maximum Gasteiger partial charge on any atom is 0.244 e. The van der Waals surface area contributed by atoms with Crippen molar-refractivity contribution in [1.82, 2.24) is 5.48 Å². The van der Waals surface area contributed by atoms with Crippen LogP contribution in [0.25, 0.3) is 0 Å². The highest BCUT2D eigenvalue weighted by molar-refractivity contribution is 9.10. The zero-order valence-electron chi connectivity index (χ0n) is 11.0. The molecule has 0 saturated heterocycles. The van der Waals surface area contributed by atoms with Gasteiger partial charge in [-0.15, -0.1) is 0 Å². The van der Waals surface area contributed by atoms with Gasteiger partial charge in [0.15, 0.2) is 0 Å². The van der Waals surface area contributed by atoms with Crippen molar-refractivity contribution in [3.05, 3.63) is 0 Å². The summed E-state index contributed by atoms with van der Waals surface area (Å²) in [5.74, 6) is 1.74. The maximum absolute atomic E-state index is 11.9. The Morgan fingerprint density at radius 3 is 2.56 bits per heavy atom. The number of carbonyl (C=O) groups excluding carboxylic acids is 1. The highest BCUT2D eigenvalue weighted by Crippen LogP contribution is 2.65. The fourth-order valence-electron chi connectivity index (χ4n) is 5.07. The molecule has 3 nitrogen and oxygen atoms in total. The fraction of sp³-hybridized carbons (Fsp3) is 0.929. The van der Waals surface area contributed by atoms with Gasteiger partial charge in [0.2, 0.25) is 5.91 Å². The third-order valence-electron chi connectivity index (χ3n) is 4.98. The molecule has 4 fully saturated rings. The van der Waals surface area contributed by atoms with E-state index in [9.17, 15) is 4.79 Å². The number of alkyl halides is 1. The van der Waals surface area contributed by atoms with Gasteiger partial charge in [-0.3, -0.25) is 9.63 Å². The van der Waals surface area contributed by atoms with E-state index < -0.39 is 0 Å². The predicted molar refractivity (Wildman–Crippen MR) is 73.2 cm³/mol. The smallest absolute Gasteiger partial charge is 0.244 e. The first-order valence-electron chi connectivity index (χ1n) is 7.12. The summed E-state index contributed by atoms with van der Waals surface area (Å²) in [4.78, 5) is 17.0. The molecule has 102 valence electrons. The lowest BCUT2D eigenvalue weighted by Gasteiger charge is -2.60. The third kappa shape index (κ3) is 2.34. The van der Waals surface area contributed by atoms with Gasteiger partial charge in [0, 0.05) is 10.7 Å². The minimum absolute atomic E-state index is 0.0647. The molecule has 18 heavy (non-hydrogen) atoms. The number of carbonyl (C=O) groups is 1. The summed E-state index contributed by atoms with van der Waals surface area (Å²) in [6.45, 7) is 2.42. The number of nitrogens with one attached hydrogen (secondary N) is 1. The van der Waals surface area contributed by atoms with Crippen molar-refractivity contribution < 1.29 is 9.63 Å². The Hall–Kier alpha value is -0.0900. The van der Waals surface area contributed by atoms with Crippen LogP contribution in [0.5, 0.6) is 0 Å². The molecule has 0 aromatic carbocycles. The molecule has 0 aromatic rings. The Morgan fingerprint density at radius 2 is 2.00 bits per heavy atom.